The number of hydrogen-bond donors (Lipinski definition) is 3. The number of carbonyl (C=O) groups excluding carboxylic acids is 5. The van der Waals surface area contributed by atoms with Gasteiger partial charge in [0.2, 0.25) is 17.7 Å². The van der Waals surface area contributed by atoms with Crippen molar-refractivity contribution < 1.29 is 24.0 Å². The van der Waals surface area contributed by atoms with E-state index in [2.05, 4.69) is 16.0 Å². The minimum Gasteiger partial charge on any atom is -0.339 e. The highest BCUT2D eigenvalue weighted by molar-refractivity contribution is 6.24. The molecule has 3 heterocycles. The molecule has 158 valence electrons. The van der Waals surface area contributed by atoms with Crippen LogP contribution >= 0.6 is 0 Å². The fourth-order valence-corrected chi connectivity index (χ4v) is 4.06. The molecule has 10 nitrogen and oxygen atoms in total. The molecule has 1 aromatic carbocycles. The maximum atomic E-state index is 13.0. The second kappa shape index (κ2) is 8.33. The van der Waals surface area contributed by atoms with Crippen molar-refractivity contribution in [3.63, 3.8) is 0 Å². The average Bonchev–Trinajstić information content (AvgIpc) is 3.00. The van der Waals surface area contributed by atoms with Crippen molar-refractivity contribution >= 4 is 29.5 Å². The molecule has 0 aromatic heterocycles. The molecule has 1 aromatic rings. The normalized spacial score (nSPS) is 21.7. The lowest BCUT2D eigenvalue weighted by atomic mass is 10.0. The smallest absolute Gasteiger partial charge is 0.262 e. The van der Waals surface area contributed by atoms with Gasteiger partial charge in [0.15, 0.2) is 0 Å². The molecule has 0 radical (unpaired) electrons. The molecule has 0 bridgehead atoms. The van der Waals surface area contributed by atoms with Crippen LogP contribution in [0.2, 0.25) is 0 Å². The van der Waals surface area contributed by atoms with Crippen molar-refractivity contribution in [2.45, 2.75) is 25.4 Å². The van der Waals surface area contributed by atoms with Gasteiger partial charge < -0.3 is 15.5 Å². The van der Waals surface area contributed by atoms with Crippen LogP contribution in [0.25, 0.3) is 0 Å². The van der Waals surface area contributed by atoms with E-state index in [1.165, 1.54) is 0 Å². The van der Waals surface area contributed by atoms with Crippen molar-refractivity contribution in [1.29, 1.82) is 0 Å². The lowest BCUT2D eigenvalue weighted by Crippen LogP contribution is -2.54. The molecule has 30 heavy (non-hydrogen) atoms. The van der Waals surface area contributed by atoms with E-state index in [1.807, 2.05) is 0 Å². The summed E-state index contributed by atoms with van der Waals surface area (Å²) < 4.78 is 0. The number of hydrogen-bond acceptors (Lipinski definition) is 7. The van der Waals surface area contributed by atoms with E-state index in [4.69, 9.17) is 0 Å². The van der Waals surface area contributed by atoms with Crippen LogP contribution in [0.4, 0.5) is 0 Å². The number of rotatable bonds is 5. The zero-order valence-corrected chi connectivity index (χ0v) is 16.4. The van der Waals surface area contributed by atoms with E-state index in [0.29, 0.717) is 18.7 Å². The summed E-state index contributed by atoms with van der Waals surface area (Å²) in [6.07, 6.45) is 0.190. The van der Waals surface area contributed by atoms with E-state index in [9.17, 15) is 24.0 Å². The number of imide groups is 2. The molecule has 2 saturated heterocycles. The number of nitrogens with one attached hydrogen (secondary N) is 3. The van der Waals surface area contributed by atoms with Gasteiger partial charge in [-0.05, 0) is 18.1 Å². The SMILES string of the molecule is O=C1CCC(N2C(=O)c3cccc(CNCC(=O)N4CCNCC4)c3C2=O)C(=O)N1. The Kier molecular flexibility index (Phi) is 5.60. The lowest BCUT2D eigenvalue weighted by molar-refractivity contribution is -0.136. The Morgan fingerprint density at radius 3 is 2.60 bits per heavy atom. The first kappa shape index (κ1) is 20.2. The standard InChI is InChI=1S/C20H23N5O5/c26-15-5-4-14(18(28)23-15)25-19(29)13-3-1-2-12(17(13)20(25)30)10-22-11-16(27)24-8-6-21-7-9-24/h1-3,14,21-22H,4-11H2,(H,23,26,28). The molecule has 0 aliphatic carbocycles. The number of amides is 5. The number of benzene rings is 1. The molecule has 4 rings (SSSR count). The molecule has 0 saturated carbocycles. The topological polar surface area (TPSA) is 128 Å². The lowest BCUT2D eigenvalue weighted by Gasteiger charge is -2.28. The maximum absolute atomic E-state index is 13.0. The minimum absolute atomic E-state index is 0.0170. The summed E-state index contributed by atoms with van der Waals surface area (Å²) in [5.74, 6) is -2.15. The summed E-state index contributed by atoms with van der Waals surface area (Å²) in [5, 5.41) is 8.43. The molecule has 1 unspecified atom stereocenters. The molecular weight excluding hydrogens is 390 g/mol. The highest BCUT2D eigenvalue weighted by Crippen LogP contribution is 2.29. The molecule has 2 fully saturated rings. The number of carbonyl (C=O) groups is 5. The first-order valence-corrected chi connectivity index (χ1v) is 10.00. The van der Waals surface area contributed by atoms with Crippen molar-refractivity contribution in [3.05, 3.63) is 34.9 Å². The Bertz CT molecular complexity index is 924. The Morgan fingerprint density at radius 2 is 1.87 bits per heavy atom. The Labute approximate surface area is 172 Å². The summed E-state index contributed by atoms with van der Waals surface area (Å²) in [7, 11) is 0. The summed E-state index contributed by atoms with van der Waals surface area (Å²) in [4.78, 5) is 64.4. The van der Waals surface area contributed by atoms with Crippen LogP contribution in [-0.4, -0.2) is 78.1 Å². The second-order valence-corrected chi connectivity index (χ2v) is 7.52. The number of piperidine rings is 1. The second-order valence-electron chi connectivity index (χ2n) is 7.52. The van der Waals surface area contributed by atoms with Gasteiger partial charge in [0.25, 0.3) is 11.8 Å². The monoisotopic (exact) mass is 413 g/mol. The van der Waals surface area contributed by atoms with Gasteiger partial charge in [0, 0.05) is 39.1 Å². The molecule has 10 heteroatoms. The van der Waals surface area contributed by atoms with Gasteiger partial charge in [-0.1, -0.05) is 12.1 Å². The third-order valence-corrected chi connectivity index (χ3v) is 5.62. The van der Waals surface area contributed by atoms with E-state index < -0.39 is 29.7 Å². The first-order chi connectivity index (χ1) is 14.5. The summed E-state index contributed by atoms with van der Waals surface area (Å²) in [5.41, 5.74) is 1.07. The van der Waals surface area contributed by atoms with Crippen LogP contribution in [0, 0.1) is 0 Å². The van der Waals surface area contributed by atoms with E-state index in [1.54, 1.807) is 23.1 Å². The van der Waals surface area contributed by atoms with Crippen LogP contribution in [0.1, 0.15) is 39.1 Å². The summed E-state index contributed by atoms with van der Waals surface area (Å²) >= 11 is 0. The fourth-order valence-electron chi connectivity index (χ4n) is 4.06. The van der Waals surface area contributed by atoms with Gasteiger partial charge in [-0.25, -0.2) is 0 Å². The van der Waals surface area contributed by atoms with E-state index in [-0.39, 0.29) is 43.0 Å². The maximum Gasteiger partial charge on any atom is 0.262 e. The van der Waals surface area contributed by atoms with Gasteiger partial charge in [-0.3, -0.25) is 34.2 Å². The highest BCUT2D eigenvalue weighted by atomic mass is 16.2. The number of nitrogens with zero attached hydrogens (tertiary/aromatic N) is 2. The predicted octanol–water partition coefficient (Wildman–Crippen LogP) is -1.39. The van der Waals surface area contributed by atoms with Crippen molar-refractivity contribution in [2.24, 2.45) is 0 Å². The molecule has 0 spiro atoms. The average molecular weight is 413 g/mol. The van der Waals surface area contributed by atoms with Gasteiger partial charge in [-0.2, -0.15) is 0 Å². The van der Waals surface area contributed by atoms with E-state index >= 15 is 0 Å². The minimum atomic E-state index is -0.995. The van der Waals surface area contributed by atoms with Crippen LogP contribution in [0.15, 0.2) is 18.2 Å². The third kappa shape index (κ3) is 3.71. The number of fused-ring (bicyclic) bond motifs is 1. The van der Waals surface area contributed by atoms with Gasteiger partial charge in [0.05, 0.1) is 17.7 Å². The van der Waals surface area contributed by atoms with Gasteiger partial charge in [-0.15, -0.1) is 0 Å². The van der Waals surface area contributed by atoms with Crippen molar-refractivity contribution in [3.8, 4) is 0 Å². The molecular formula is C20H23N5O5. The van der Waals surface area contributed by atoms with Crippen molar-refractivity contribution in [2.75, 3.05) is 32.7 Å². The number of piperazine rings is 1. The first-order valence-electron chi connectivity index (χ1n) is 10.00. The Hall–Kier alpha value is -3.11. The largest absolute Gasteiger partial charge is 0.339 e. The van der Waals surface area contributed by atoms with Crippen LogP contribution in [-0.2, 0) is 20.9 Å². The zero-order chi connectivity index (χ0) is 21.3. The fraction of sp³-hybridized carbons (Fsp3) is 0.450. The molecule has 3 N–H and O–H groups in total. The van der Waals surface area contributed by atoms with Crippen LogP contribution in [0.5, 0.6) is 0 Å². The highest BCUT2D eigenvalue weighted by Gasteiger charge is 2.45. The van der Waals surface area contributed by atoms with E-state index in [0.717, 1.165) is 18.0 Å². The Morgan fingerprint density at radius 1 is 1.10 bits per heavy atom. The predicted molar refractivity (Wildman–Crippen MR) is 104 cm³/mol. The van der Waals surface area contributed by atoms with Gasteiger partial charge in [0.1, 0.15) is 6.04 Å². The zero-order valence-electron chi connectivity index (χ0n) is 16.4. The molecule has 5 amide bonds. The molecule has 1 atom stereocenters. The molecule has 3 aliphatic rings. The van der Waals surface area contributed by atoms with Crippen molar-refractivity contribution in [1.82, 2.24) is 25.8 Å². The van der Waals surface area contributed by atoms with Gasteiger partial charge >= 0.3 is 0 Å². The third-order valence-electron chi connectivity index (χ3n) is 5.62. The quantitative estimate of drug-likeness (QED) is 0.507. The van der Waals surface area contributed by atoms with Crippen LogP contribution < -0.4 is 16.0 Å². The summed E-state index contributed by atoms with van der Waals surface area (Å²) in [6, 6.07) is 3.95. The summed E-state index contributed by atoms with van der Waals surface area (Å²) in [6.45, 7) is 3.23. The van der Waals surface area contributed by atoms with Crippen LogP contribution in [0.3, 0.4) is 0 Å². The molecule has 3 aliphatic heterocycles. The Balaban J connectivity index is 1.46.